The smallest absolute Gasteiger partial charge is 0.317 e. The molecule has 0 aliphatic heterocycles. The van der Waals surface area contributed by atoms with Crippen LogP contribution >= 0.6 is 0 Å². The van der Waals surface area contributed by atoms with Gasteiger partial charge in [0.25, 0.3) is 0 Å². The van der Waals surface area contributed by atoms with Gasteiger partial charge in [-0.1, -0.05) is 25.1 Å². The summed E-state index contributed by atoms with van der Waals surface area (Å²) in [4.78, 5) is 10.5. The molecule has 0 radical (unpaired) electrons. The number of H-pyrrole nitrogens is 1. The van der Waals surface area contributed by atoms with E-state index in [1.165, 1.54) is 6.20 Å². The van der Waals surface area contributed by atoms with Crippen LogP contribution in [0.4, 0.5) is 5.69 Å². The van der Waals surface area contributed by atoms with Crippen molar-refractivity contribution in [3.63, 3.8) is 0 Å². The molecular formula is C13H11N3O3. The Kier molecular flexibility index (Phi) is 2.56. The lowest BCUT2D eigenvalue weighted by Crippen LogP contribution is -1.90. The highest BCUT2D eigenvalue weighted by molar-refractivity contribution is 5.88. The van der Waals surface area contributed by atoms with E-state index in [0.29, 0.717) is 11.5 Å². The van der Waals surface area contributed by atoms with Crippen LogP contribution in [0.1, 0.15) is 12.5 Å². The van der Waals surface area contributed by atoms with Gasteiger partial charge in [-0.15, -0.1) is 0 Å². The van der Waals surface area contributed by atoms with E-state index >= 15 is 0 Å². The zero-order valence-electron chi connectivity index (χ0n) is 10.2. The first-order valence-corrected chi connectivity index (χ1v) is 5.91. The third-order valence-corrected chi connectivity index (χ3v) is 3.09. The Hall–Kier alpha value is -2.63. The number of fused-ring (bicyclic) bond motifs is 1. The van der Waals surface area contributed by atoms with E-state index in [-0.39, 0.29) is 5.69 Å². The van der Waals surface area contributed by atoms with Crippen LogP contribution in [0.25, 0.3) is 22.4 Å². The molecule has 0 atom stereocenters. The van der Waals surface area contributed by atoms with Crippen LogP contribution in [0.5, 0.6) is 0 Å². The van der Waals surface area contributed by atoms with Crippen LogP contribution in [0.3, 0.4) is 0 Å². The molecule has 2 heterocycles. The Bertz CT molecular complexity index is 757. The third-order valence-electron chi connectivity index (χ3n) is 3.09. The molecule has 3 aromatic rings. The normalized spacial score (nSPS) is 11.0. The molecule has 1 aromatic carbocycles. The monoisotopic (exact) mass is 257 g/mol. The van der Waals surface area contributed by atoms with Crippen molar-refractivity contribution in [2.24, 2.45) is 0 Å². The topological polar surface area (TPSA) is 85.0 Å². The van der Waals surface area contributed by atoms with Crippen molar-refractivity contribution in [2.75, 3.05) is 0 Å². The maximum Gasteiger partial charge on any atom is 0.317 e. The molecule has 6 nitrogen and oxygen atoms in total. The Balaban J connectivity index is 2.30. The van der Waals surface area contributed by atoms with Gasteiger partial charge < -0.3 is 4.42 Å². The first-order chi connectivity index (χ1) is 9.22. The molecular weight excluding hydrogens is 246 g/mol. The van der Waals surface area contributed by atoms with E-state index in [4.69, 9.17) is 4.42 Å². The van der Waals surface area contributed by atoms with Gasteiger partial charge in [-0.2, -0.15) is 5.10 Å². The molecule has 0 fully saturated rings. The minimum absolute atomic E-state index is 0.0752. The number of aromatic nitrogens is 2. The molecule has 0 bridgehead atoms. The van der Waals surface area contributed by atoms with Crippen LogP contribution in [-0.4, -0.2) is 15.1 Å². The quantitative estimate of drug-likeness (QED) is 0.576. The van der Waals surface area contributed by atoms with Crippen LogP contribution in [0.2, 0.25) is 0 Å². The van der Waals surface area contributed by atoms with Gasteiger partial charge in [0.2, 0.25) is 0 Å². The van der Waals surface area contributed by atoms with Crippen LogP contribution in [0.15, 0.2) is 34.9 Å². The van der Waals surface area contributed by atoms with Gasteiger partial charge in [0.05, 0.1) is 4.92 Å². The number of hydrogen-bond acceptors (Lipinski definition) is 4. The van der Waals surface area contributed by atoms with E-state index < -0.39 is 4.92 Å². The molecule has 0 amide bonds. The minimum atomic E-state index is -0.467. The Morgan fingerprint density at radius 2 is 2.21 bits per heavy atom. The summed E-state index contributed by atoms with van der Waals surface area (Å²) >= 11 is 0. The van der Waals surface area contributed by atoms with Crippen LogP contribution < -0.4 is 0 Å². The molecule has 3 rings (SSSR count). The maximum atomic E-state index is 11.0. The number of aryl methyl sites for hydroxylation is 1. The van der Waals surface area contributed by atoms with Crippen molar-refractivity contribution in [3.05, 3.63) is 46.1 Å². The maximum absolute atomic E-state index is 11.0. The summed E-state index contributed by atoms with van der Waals surface area (Å²) in [7, 11) is 0. The van der Waals surface area contributed by atoms with Gasteiger partial charge in [-0.05, 0) is 12.5 Å². The van der Waals surface area contributed by atoms with Gasteiger partial charge >= 0.3 is 5.69 Å². The molecule has 0 unspecified atom stereocenters. The van der Waals surface area contributed by atoms with E-state index in [9.17, 15) is 10.1 Å². The van der Waals surface area contributed by atoms with E-state index in [1.54, 1.807) is 0 Å². The Morgan fingerprint density at radius 1 is 1.42 bits per heavy atom. The Labute approximate surface area is 108 Å². The summed E-state index contributed by atoms with van der Waals surface area (Å²) in [5, 5.41) is 18.3. The number of nitrogens with one attached hydrogen (secondary N) is 1. The van der Waals surface area contributed by atoms with Gasteiger partial charge in [0.1, 0.15) is 11.8 Å². The van der Waals surface area contributed by atoms with Crippen molar-refractivity contribution in [2.45, 2.75) is 13.3 Å². The molecule has 19 heavy (non-hydrogen) atoms. The number of nitro groups is 1. The van der Waals surface area contributed by atoms with Gasteiger partial charge in [-0.25, -0.2) is 0 Å². The number of nitrogens with zero attached hydrogens (tertiary/aromatic N) is 2. The molecule has 0 saturated carbocycles. The molecule has 0 aliphatic carbocycles. The molecule has 1 N–H and O–H groups in total. The third kappa shape index (κ3) is 1.69. The van der Waals surface area contributed by atoms with Crippen molar-refractivity contribution in [1.82, 2.24) is 10.2 Å². The largest absolute Gasteiger partial charge is 0.454 e. The predicted octanol–water partition coefficient (Wildman–Crippen LogP) is 3.29. The summed E-state index contributed by atoms with van der Waals surface area (Å²) in [6, 6.07) is 7.59. The second-order valence-corrected chi connectivity index (χ2v) is 4.15. The summed E-state index contributed by atoms with van der Waals surface area (Å²) in [6.07, 6.45) is 1.92. The average molecular weight is 257 g/mol. The molecule has 0 spiro atoms. The number of benzene rings is 1. The lowest BCUT2D eigenvalue weighted by molar-refractivity contribution is -0.384. The lowest BCUT2D eigenvalue weighted by Gasteiger charge is -1.97. The predicted molar refractivity (Wildman–Crippen MR) is 69.8 cm³/mol. The van der Waals surface area contributed by atoms with Gasteiger partial charge in [0.15, 0.2) is 11.5 Å². The number of hydrogen-bond donors (Lipinski definition) is 1. The lowest BCUT2D eigenvalue weighted by atomic mass is 10.1. The molecule has 0 saturated heterocycles. The van der Waals surface area contributed by atoms with E-state index in [2.05, 4.69) is 10.2 Å². The second kappa shape index (κ2) is 4.24. The van der Waals surface area contributed by atoms with Crippen molar-refractivity contribution in [3.8, 4) is 11.5 Å². The SMILES string of the molecule is CCc1c(-c2[nH]ncc2[N+](=O)[O-])oc2ccccc12. The summed E-state index contributed by atoms with van der Waals surface area (Å²) in [5.41, 5.74) is 1.91. The van der Waals surface area contributed by atoms with Crippen molar-refractivity contribution >= 4 is 16.7 Å². The molecule has 6 heteroatoms. The second-order valence-electron chi connectivity index (χ2n) is 4.15. The number of aromatic amines is 1. The van der Waals surface area contributed by atoms with Crippen LogP contribution in [-0.2, 0) is 6.42 Å². The highest BCUT2D eigenvalue weighted by Crippen LogP contribution is 2.36. The number of furan rings is 1. The molecule has 96 valence electrons. The molecule has 2 aromatic heterocycles. The summed E-state index contributed by atoms with van der Waals surface area (Å²) in [5.74, 6) is 0.493. The number of rotatable bonds is 3. The van der Waals surface area contributed by atoms with E-state index in [0.717, 1.165) is 23.0 Å². The fourth-order valence-corrected chi connectivity index (χ4v) is 2.24. The average Bonchev–Trinajstić information content (AvgIpc) is 3.02. The fraction of sp³-hybridized carbons (Fsp3) is 0.154. The summed E-state index contributed by atoms with van der Waals surface area (Å²) in [6.45, 7) is 1.99. The molecule has 0 aliphatic rings. The summed E-state index contributed by atoms with van der Waals surface area (Å²) < 4.78 is 5.75. The van der Waals surface area contributed by atoms with Gasteiger partial charge in [0, 0.05) is 10.9 Å². The first kappa shape index (κ1) is 11.5. The van der Waals surface area contributed by atoms with Crippen molar-refractivity contribution in [1.29, 1.82) is 0 Å². The van der Waals surface area contributed by atoms with E-state index in [1.807, 2.05) is 31.2 Å². The highest BCUT2D eigenvalue weighted by Gasteiger charge is 2.24. The highest BCUT2D eigenvalue weighted by atomic mass is 16.6. The Morgan fingerprint density at radius 3 is 2.95 bits per heavy atom. The zero-order chi connectivity index (χ0) is 13.4. The first-order valence-electron chi connectivity index (χ1n) is 5.91. The zero-order valence-corrected chi connectivity index (χ0v) is 10.2. The minimum Gasteiger partial charge on any atom is -0.454 e. The van der Waals surface area contributed by atoms with Crippen LogP contribution in [0, 0.1) is 10.1 Å². The van der Waals surface area contributed by atoms with Crippen molar-refractivity contribution < 1.29 is 9.34 Å². The fourth-order valence-electron chi connectivity index (χ4n) is 2.24. The van der Waals surface area contributed by atoms with Gasteiger partial charge in [-0.3, -0.25) is 15.2 Å². The standard InChI is InChI=1S/C13H11N3O3/c1-2-8-9-5-3-4-6-11(9)19-13(8)12-10(16(17)18)7-14-15-12/h3-7H,2H2,1H3,(H,14,15). The number of para-hydroxylation sites is 1.